The van der Waals surface area contributed by atoms with Gasteiger partial charge >= 0.3 is 18.5 Å². The second-order valence-corrected chi connectivity index (χ2v) is 12.2. The zero-order chi connectivity index (χ0) is 44.4. The quantitative estimate of drug-likeness (QED) is 0.0766. The third-order valence-electron chi connectivity index (χ3n) is 8.43. The van der Waals surface area contributed by atoms with Crippen molar-refractivity contribution in [1.29, 1.82) is 5.26 Å². The molecule has 0 amide bonds. The molecule has 306 valence electrons. The molecule has 0 spiro atoms. The largest absolute Gasteiger partial charge is 0.416 e. The number of hydrogen-bond acceptors (Lipinski definition) is 1. The van der Waals surface area contributed by atoms with Gasteiger partial charge in [-0.15, -0.1) is 0 Å². The fraction of sp³-hybridized carbons (Fsp3) is 0.105. The van der Waals surface area contributed by atoms with E-state index in [4.69, 9.17) is 6.57 Å². The van der Waals surface area contributed by atoms with Crippen molar-refractivity contribution in [1.82, 2.24) is 0 Å². The zero-order valence-electron chi connectivity index (χ0n) is 28.2. The van der Waals surface area contributed by atoms with Gasteiger partial charge in [0, 0.05) is 5.22 Å². The van der Waals surface area contributed by atoms with Gasteiger partial charge in [0.15, 0.2) is 52.4 Å². The first-order valence-electron chi connectivity index (χ1n) is 15.4. The Hall–Kier alpha value is -6.51. The van der Waals surface area contributed by atoms with E-state index in [0.29, 0.717) is 6.07 Å². The maximum atomic E-state index is 15.3. The molecule has 0 saturated heterocycles. The average molecular weight is 856 g/mol. The molecular formula is C38H11F19N2. The molecule has 0 fully saturated rings. The van der Waals surface area contributed by atoms with Gasteiger partial charge in [-0.25, -0.2) is 48.7 Å². The first kappa shape index (κ1) is 43.6. The molecule has 21 heteroatoms. The third-order valence-corrected chi connectivity index (χ3v) is 8.43. The van der Waals surface area contributed by atoms with Crippen molar-refractivity contribution in [2.75, 3.05) is 0 Å². The fourth-order valence-corrected chi connectivity index (χ4v) is 5.83. The number of aryl methyl sites for hydroxylation is 1. The Labute approximate surface area is 315 Å². The predicted octanol–water partition coefficient (Wildman–Crippen LogP) is 11.6. The minimum atomic E-state index is -5.71. The first-order chi connectivity index (χ1) is 27.1. The van der Waals surface area contributed by atoms with Crippen molar-refractivity contribution in [3.05, 3.63) is 162 Å². The van der Waals surface area contributed by atoms with Crippen molar-refractivity contribution in [3.8, 4) is 28.3 Å². The Bertz CT molecular complexity index is 2730. The molecule has 0 aliphatic rings. The van der Waals surface area contributed by atoms with Crippen molar-refractivity contribution < 1.29 is 83.4 Å². The molecule has 5 rings (SSSR count). The van der Waals surface area contributed by atoms with Gasteiger partial charge in [0.25, 0.3) is 0 Å². The van der Waals surface area contributed by atoms with Crippen LogP contribution >= 0.6 is 0 Å². The van der Waals surface area contributed by atoms with E-state index in [-0.39, 0.29) is 35.9 Å². The Morgan fingerprint density at radius 3 is 1.20 bits per heavy atom. The lowest BCUT2D eigenvalue weighted by Crippen LogP contribution is -2.23. The summed E-state index contributed by atoms with van der Waals surface area (Å²) in [4.78, 5) is 2.72. The van der Waals surface area contributed by atoms with Crippen LogP contribution in [0.5, 0.6) is 0 Å². The van der Waals surface area contributed by atoms with Crippen LogP contribution in [0.3, 0.4) is 0 Å². The van der Waals surface area contributed by atoms with Crippen LogP contribution in [0, 0.1) is 83.0 Å². The minimum absolute atomic E-state index is 0.0741. The summed E-state index contributed by atoms with van der Waals surface area (Å²) in [6.07, 6.45) is -16.7. The number of rotatable bonds is 4. The molecule has 59 heavy (non-hydrogen) atoms. The number of nitrogens with zero attached hydrogens (tertiary/aromatic N) is 2. The van der Waals surface area contributed by atoms with Gasteiger partial charge in [0.1, 0.15) is 6.07 Å². The summed E-state index contributed by atoms with van der Waals surface area (Å²) in [7, 11) is 0. The van der Waals surface area contributed by atoms with Crippen LogP contribution in [0.15, 0.2) is 48.5 Å². The van der Waals surface area contributed by atoms with Gasteiger partial charge in [-0.05, 0) is 76.4 Å². The van der Waals surface area contributed by atoms with Gasteiger partial charge in [-0.2, -0.15) is 44.8 Å². The molecule has 0 bridgehead atoms. The van der Waals surface area contributed by atoms with Crippen molar-refractivity contribution >= 4 is 11.3 Å². The molecule has 5 aromatic carbocycles. The fourth-order valence-electron chi connectivity index (χ4n) is 5.83. The van der Waals surface area contributed by atoms with Crippen LogP contribution in [-0.2, 0) is 18.5 Å². The highest BCUT2D eigenvalue weighted by Gasteiger charge is 2.38. The SMILES string of the molecule is [C-]#[N+]/C(c1c(F)c(F)c(F)c(F)c1F)=c1/cc(-c2cc(C(F)(F)F)cc(C(F)(F)F)c2)/c(=C(\C#N)c2c(F)c(F)c(F)c(F)c2F)cc1-c1cc(C)cc(C(F)(F)F)c1. The van der Waals surface area contributed by atoms with E-state index in [1.807, 2.05) is 0 Å². The normalized spacial score (nSPS) is 13.3. The summed E-state index contributed by atoms with van der Waals surface area (Å²) in [5.74, 6) is -27.9. The highest BCUT2D eigenvalue weighted by molar-refractivity contribution is 5.86. The van der Waals surface area contributed by atoms with Crippen LogP contribution in [0.25, 0.3) is 38.4 Å². The molecule has 0 N–H and O–H groups in total. The monoisotopic (exact) mass is 856 g/mol. The van der Waals surface area contributed by atoms with Crippen LogP contribution in [-0.4, -0.2) is 0 Å². The molecule has 5 aromatic rings. The van der Waals surface area contributed by atoms with Crippen LogP contribution in [0.4, 0.5) is 83.4 Å². The van der Waals surface area contributed by atoms with Crippen LogP contribution in [0.2, 0.25) is 0 Å². The molecule has 2 nitrogen and oxygen atoms in total. The molecule has 0 aliphatic heterocycles. The van der Waals surface area contributed by atoms with Gasteiger partial charge in [0.2, 0.25) is 11.5 Å². The van der Waals surface area contributed by atoms with E-state index in [2.05, 4.69) is 4.85 Å². The van der Waals surface area contributed by atoms with E-state index in [9.17, 15) is 71.1 Å². The summed E-state index contributed by atoms with van der Waals surface area (Å²) in [5.41, 5.74) is -19.3. The second-order valence-electron chi connectivity index (χ2n) is 12.2. The van der Waals surface area contributed by atoms with Gasteiger partial charge in [-0.1, -0.05) is 12.1 Å². The van der Waals surface area contributed by atoms with Crippen molar-refractivity contribution in [3.63, 3.8) is 0 Å². The number of benzene rings is 5. The zero-order valence-corrected chi connectivity index (χ0v) is 28.2. The first-order valence-corrected chi connectivity index (χ1v) is 15.4. The van der Waals surface area contributed by atoms with Crippen LogP contribution in [0.1, 0.15) is 33.4 Å². The summed E-state index contributed by atoms with van der Waals surface area (Å²) in [6.45, 7) is 8.64. The Morgan fingerprint density at radius 2 is 0.814 bits per heavy atom. The Balaban J connectivity index is 2.27. The molecular weight excluding hydrogens is 845 g/mol. The number of alkyl halides is 9. The standard InChI is InChI=1S/C38H11F19N2/c1-12-3-13(5-15(4-12)36(49,50)51)19-9-20(22(11-58)23-25(39)29(43)33(47)30(44)26(23)40)18(14-6-16(37(52,53)54)8-17(7-14)38(55,56)57)10-21(19)35(59-2)24-27(41)31(45)34(48)32(46)28(24)42/h3-10H,1H3/b22-20+,35-21-. The summed E-state index contributed by atoms with van der Waals surface area (Å²) in [5, 5.41) is 7.32. The Morgan fingerprint density at radius 1 is 0.475 bits per heavy atom. The molecule has 0 aliphatic carbocycles. The van der Waals surface area contributed by atoms with Gasteiger partial charge in [-0.3, -0.25) is 0 Å². The number of nitriles is 1. The summed E-state index contributed by atoms with van der Waals surface area (Å²) in [6, 6.07) is 1.79. The lowest BCUT2D eigenvalue weighted by Gasteiger charge is -2.18. The molecule has 0 saturated carbocycles. The second kappa shape index (κ2) is 15.0. The summed E-state index contributed by atoms with van der Waals surface area (Å²) < 4.78 is 274. The smallest absolute Gasteiger partial charge is 0.237 e. The molecule has 0 unspecified atom stereocenters. The molecule has 0 radical (unpaired) electrons. The van der Waals surface area contributed by atoms with E-state index in [1.54, 1.807) is 0 Å². The van der Waals surface area contributed by atoms with E-state index >= 15 is 17.6 Å². The molecule has 0 aromatic heterocycles. The van der Waals surface area contributed by atoms with Gasteiger partial charge in [0.05, 0.1) is 40.0 Å². The molecule has 0 atom stereocenters. The van der Waals surface area contributed by atoms with Crippen LogP contribution < -0.4 is 10.4 Å². The van der Waals surface area contributed by atoms with Crippen molar-refractivity contribution in [2.24, 2.45) is 0 Å². The van der Waals surface area contributed by atoms with Crippen molar-refractivity contribution in [2.45, 2.75) is 25.5 Å². The highest BCUT2D eigenvalue weighted by atomic mass is 19.4. The lowest BCUT2D eigenvalue weighted by atomic mass is 9.88. The maximum absolute atomic E-state index is 15.3. The highest BCUT2D eigenvalue weighted by Crippen LogP contribution is 2.40. The van der Waals surface area contributed by atoms with E-state index < -0.39 is 155 Å². The third kappa shape index (κ3) is 7.76. The number of hydrogen-bond donors (Lipinski definition) is 0. The lowest BCUT2D eigenvalue weighted by molar-refractivity contribution is -0.143. The minimum Gasteiger partial charge on any atom is -0.237 e. The summed E-state index contributed by atoms with van der Waals surface area (Å²) >= 11 is 0. The van der Waals surface area contributed by atoms with Gasteiger partial charge < -0.3 is 0 Å². The number of halogens is 19. The maximum Gasteiger partial charge on any atom is 0.416 e. The molecule has 0 heterocycles. The average Bonchev–Trinajstić information content (AvgIpc) is 3.16. The van der Waals surface area contributed by atoms with E-state index in [1.165, 1.54) is 0 Å². The predicted molar refractivity (Wildman–Crippen MR) is 166 cm³/mol. The Kier molecular flexibility index (Phi) is 11.1. The van der Waals surface area contributed by atoms with E-state index in [0.717, 1.165) is 19.1 Å². The topological polar surface area (TPSA) is 28.1 Å².